The van der Waals surface area contributed by atoms with Gasteiger partial charge in [0.05, 0.1) is 5.56 Å². The lowest BCUT2D eigenvalue weighted by atomic mass is 10.1. The summed E-state index contributed by atoms with van der Waals surface area (Å²) >= 11 is 0. The first-order valence-corrected chi connectivity index (χ1v) is 5.98. The summed E-state index contributed by atoms with van der Waals surface area (Å²) in [5, 5.41) is 0. The first kappa shape index (κ1) is 13.0. The molecule has 0 aliphatic carbocycles. The van der Waals surface area contributed by atoms with E-state index >= 15 is 0 Å². The third-order valence-corrected chi connectivity index (χ3v) is 2.77. The van der Waals surface area contributed by atoms with Crippen molar-refractivity contribution in [2.45, 2.75) is 13.0 Å². The molecule has 0 saturated heterocycles. The molecule has 2 rings (SSSR count). The van der Waals surface area contributed by atoms with Crippen LogP contribution in [-0.4, -0.2) is 5.97 Å². The molecule has 2 aromatic rings. The summed E-state index contributed by atoms with van der Waals surface area (Å²) in [6.07, 6.45) is -0.323. The monoisotopic (exact) mass is 256 g/mol. The number of ether oxygens (including phenoxy) is 1. The molecule has 2 aromatic carbocycles. The molecule has 0 aromatic heterocycles. The minimum absolute atomic E-state index is 0.323. The molecule has 4 heteroatoms. The van der Waals surface area contributed by atoms with E-state index in [1.165, 1.54) is 0 Å². The normalized spacial score (nSPS) is 11.8. The lowest BCUT2D eigenvalue weighted by Gasteiger charge is -2.14. The van der Waals surface area contributed by atoms with E-state index in [1.54, 1.807) is 18.2 Å². The van der Waals surface area contributed by atoms with E-state index < -0.39 is 5.97 Å². The molecule has 19 heavy (non-hydrogen) atoms. The van der Waals surface area contributed by atoms with Crippen molar-refractivity contribution in [1.29, 1.82) is 0 Å². The van der Waals surface area contributed by atoms with Crippen LogP contribution in [0, 0.1) is 0 Å². The number of rotatable bonds is 3. The van der Waals surface area contributed by atoms with E-state index in [-0.39, 0.29) is 6.10 Å². The molecular formula is C15H16N2O2. The number of benzene rings is 2. The van der Waals surface area contributed by atoms with Gasteiger partial charge in [0.1, 0.15) is 6.10 Å². The van der Waals surface area contributed by atoms with Gasteiger partial charge in [-0.25, -0.2) is 4.79 Å². The second-order valence-corrected chi connectivity index (χ2v) is 4.35. The van der Waals surface area contributed by atoms with Crippen LogP contribution in [0.4, 0.5) is 11.4 Å². The fraction of sp³-hybridized carbons (Fsp3) is 0.133. The molecule has 0 spiro atoms. The van der Waals surface area contributed by atoms with Crippen LogP contribution in [0.15, 0.2) is 48.5 Å². The molecule has 98 valence electrons. The number of esters is 1. The Labute approximate surface area is 112 Å². The molecule has 0 fully saturated rings. The van der Waals surface area contributed by atoms with Gasteiger partial charge in [-0.3, -0.25) is 0 Å². The number of nitrogen functional groups attached to an aromatic ring is 2. The highest BCUT2D eigenvalue weighted by Crippen LogP contribution is 2.20. The van der Waals surface area contributed by atoms with E-state index in [0.29, 0.717) is 16.9 Å². The van der Waals surface area contributed by atoms with Crippen molar-refractivity contribution < 1.29 is 9.53 Å². The molecular weight excluding hydrogens is 240 g/mol. The Morgan fingerprint density at radius 3 is 2.21 bits per heavy atom. The zero-order valence-electron chi connectivity index (χ0n) is 10.7. The van der Waals surface area contributed by atoms with Crippen molar-refractivity contribution in [2.24, 2.45) is 0 Å². The summed E-state index contributed by atoms with van der Waals surface area (Å²) in [6, 6.07) is 14.2. The maximum Gasteiger partial charge on any atom is 0.338 e. The topological polar surface area (TPSA) is 78.3 Å². The van der Waals surface area contributed by atoms with Crippen molar-refractivity contribution in [2.75, 3.05) is 11.5 Å². The summed E-state index contributed by atoms with van der Waals surface area (Å²) < 4.78 is 5.38. The fourth-order valence-electron chi connectivity index (χ4n) is 1.82. The van der Waals surface area contributed by atoms with Crippen molar-refractivity contribution in [3.05, 3.63) is 59.7 Å². The molecule has 0 aliphatic rings. The third-order valence-electron chi connectivity index (χ3n) is 2.77. The van der Waals surface area contributed by atoms with Gasteiger partial charge >= 0.3 is 5.97 Å². The largest absolute Gasteiger partial charge is 0.454 e. The highest BCUT2D eigenvalue weighted by Gasteiger charge is 2.14. The van der Waals surface area contributed by atoms with Crippen LogP contribution in [-0.2, 0) is 4.74 Å². The van der Waals surface area contributed by atoms with Gasteiger partial charge in [-0.05, 0) is 30.7 Å². The molecule has 0 bridgehead atoms. The Morgan fingerprint density at radius 2 is 1.63 bits per heavy atom. The van der Waals surface area contributed by atoms with Crippen LogP contribution in [0.1, 0.15) is 28.9 Å². The number of hydrogen-bond donors (Lipinski definition) is 2. The lowest BCUT2D eigenvalue weighted by Crippen LogP contribution is -2.10. The predicted molar refractivity (Wildman–Crippen MR) is 75.5 cm³/mol. The minimum atomic E-state index is -0.435. The zero-order chi connectivity index (χ0) is 13.8. The maximum absolute atomic E-state index is 12.0. The second-order valence-electron chi connectivity index (χ2n) is 4.35. The number of nitrogens with two attached hydrogens (primary N) is 2. The molecule has 4 N–H and O–H groups in total. The SMILES string of the molecule is CC(OC(=O)c1cc(N)cc(N)c1)c1ccccc1. The highest BCUT2D eigenvalue weighted by molar-refractivity contribution is 5.91. The predicted octanol–water partition coefficient (Wildman–Crippen LogP) is 2.77. The van der Waals surface area contributed by atoms with Crippen LogP contribution >= 0.6 is 0 Å². The summed E-state index contributed by atoms with van der Waals surface area (Å²) in [6.45, 7) is 1.82. The molecule has 1 atom stereocenters. The van der Waals surface area contributed by atoms with Gasteiger partial charge in [0, 0.05) is 11.4 Å². The molecule has 0 radical (unpaired) electrons. The summed E-state index contributed by atoms with van der Waals surface area (Å²) in [7, 11) is 0. The zero-order valence-corrected chi connectivity index (χ0v) is 10.7. The van der Waals surface area contributed by atoms with Crippen molar-refractivity contribution >= 4 is 17.3 Å². The Balaban J connectivity index is 2.13. The first-order valence-electron chi connectivity index (χ1n) is 5.98. The van der Waals surface area contributed by atoms with E-state index in [2.05, 4.69) is 0 Å². The Bertz CT molecular complexity index is 562. The Morgan fingerprint density at radius 1 is 1.05 bits per heavy atom. The fourth-order valence-corrected chi connectivity index (χ4v) is 1.82. The molecule has 0 heterocycles. The van der Waals surface area contributed by atoms with Crippen molar-refractivity contribution in [3.63, 3.8) is 0 Å². The number of hydrogen-bond acceptors (Lipinski definition) is 4. The van der Waals surface area contributed by atoms with E-state index in [9.17, 15) is 4.79 Å². The van der Waals surface area contributed by atoms with Gasteiger partial charge in [-0.1, -0.05) is 30.3 Å². The number of carbonyl (C=O) groups is 1. The van der Waals surface area contributed by atoms with Gasteiger partial charge in [0.2, 0.25) is 0 Å². The molecule has 1 unspecified atom stereocenters. The van der Waals surface area contributed by atoms with E-state index in [0.717, 1.165) is 5.56 Å². The molecule has 0 aliphatic heterocycles. The summed E-state index contributed by atoms with van der Waals surface area (Å²) in [5.74, 6) is -0.435. The van der Waals surface area contributed by atoms with Crippen LogP contribution in [0.25, 0.3) is 0 Å². The molecule has 4 nitrogen and oxygen atoms in total. The standard InChI is InChI=1S/C15H16N2O2/c1-10(11-5-3-2-4-6-11)19-15(18)12-7-13(16)9-14(17)8-12/h2-10H,16-17H2,1H3. The number of anilines is 2. The van der Waals surface area contributed by atoms with E-state index in [4.69, 9.17) is 16.2 Å². The molecule has 0 amide bonds. The van der Waals surface area contributed by atoms with Gasteiger partial charge < -0.3 is 16.2 Å². The molecule has 0 saturated carbocycles. The van der Waals surface area contributed by atoms with Crippen LogP contribution in [0.3, 0.4) is 0 Å². The van der Waals surface area contributed by atoms with Crippen LogP contribution < -0.4 is 11.5 Å². The van der Waals surface area contributed by atoms with Gasteiger partial charge in [0.25, 0.3) is 0 Å². The second kappa shape index (κ2) is 5.44. The lowest BCUT2D eigenvalue weighted by molar-refractivity contribution is 0.0338. The van der Waals surface area contributed by atoms with Crippen LogP contribution in [0.2, 0.25) is 0 Å². The quantitative estimate of drug-likeness (QED) is 0.653. The Hall–Kier alpha value is -2.49. The number of carbonyl (C=O) groups excluding carboxylic acids is 1. The highest BCUT2D eigenvalue weighted by atomic mass is 16.5. The first-order chi connectivity index (χ1) is 9.06. The van der Waals surface area contributed by atoms with Crippen molar-refractivity contribution in [1.82, 2.24) is 0 Å². The van der Waals surface area contributed by atoms with Gasteiger partial charge in [-0.15, -0.1) is 0 Å². The van der Waals surface area contributed by atoms with Gasteiger partial charge in [0.15, 0.2) is 0 Å². The summed E-state index contributed by atoms with van der Waals surface area (Å²) in [4.78, 5) is 12.0. The smallest absolute Gasteiger partial charge is 0.338 e. The maximum atomic E-state index is 12.0. The average Bonchev–Trinajstić information content (AvgIpc) is 2.38. The third kappa shape index (κ3) is 3.25. The minimum Gasteiger partial charge on any atom is -0.454 e. The van der Waals surface area contributed by atoms with Crippen LogP contribution in [0.5, 0.6) is 0 Å². The Kier molecular flexibility index (Phi) is 3.71. The van der Waals surface area contributed by atoms with Crippen molar-refractivity contribution in [3.8, 4) is 0 Å². The summed E-state index contributed by atoms with van der Waals surface area (Å²) in [5.41, 5.74) is 13.5. The van der Waals surface area contributed by atoms with E-state index in [1.807, 2.05) is 37.3 Å². The van der Waals surface area contributed by atoms with Gasteiger partial charge in [-0.2, -0.15) is 0 Å². The average molecular weight is 256 g/mol.